The second-order valence-electron chi connectivity index (χ2n) is 8.87. The molecule has 0 radical (unpaired) electrons. The number of aliphatic hydroxyl groups is 1. The van der Waals surface area contributed by atoms with Crippen molar-refractivity contribution in [1.82, 2.24) is 19.5 Å². The third-order valence-corrected chi connectivity index (χ3v) is 6.60. The first-order chi connectivity index (χ1) is 15.6. The Labute approximate surface area is 185 Å². The fraction of sp³-hybridized carbons (Fsp3) is 0.522. The van der Waals surface area contributed by atoms with Crippen LogP contribution in [0.15, 0.2) is 24.4 Å². The normalized spacial score (nSPS) is 22.2. The van der Waals surface area contributed by atoms with Gasteiger partial charge in [0.2, 0.25) is 11.9 Å². The van der Waals surface area contributed by atoms with E-state index in [2.05, 4.69) is 20.6 Å². The number of hydrogen-bond donors (Lipinski definition) is 3. The highest BCUT2D eigenvalue weighted by Crippen LogP contribution is 2.35. The van der Waals surface area contributed by atoms with Gasteiger partial charge < -0.3 is 15.7 Å². The van der Waals surface area contributed by atoms with E-state index in [1.165, 1.54) is 37.5 Å². The van der Waals surface area contributed by atoms with Gasteiger partial charge in [0, 0.05) is 12.1 Å². The molecule has 0 bridgehead atoms. The number of para-hydroxylation sites is 1. The fourth-order valence-electron chi connectivity index (χ4n) is 4.87. The van der Waals surface area contributed by atoms with E-state index in [1.807, 2.05) is 4.57 Å². The molecular formula is C23H28F2N6O. The predicted octanol–water partition coefficient (Wildman–Crippen LogP) is 5.07. The Morgan fingerprint density at radius 2 is 1.66 bits per heavy atom. The SMILES string of the molecule is OC1CCC(n2c(Nc3c(F)cccc3F)nc3cnc(NC4CCCCC4)nc32)CC1. The van der Waals surface area contributed by atoms with Gasteiger partial charge in [-0.05, 0) is 50.7 Å². The molecule has 2 aliphatic carbocycles. The molecule has 0 amide bonds. The highest BCUT2D eigenvalue weighted by Gasteiger charge is 2.27. The lowest BCUT2D eigenvalue weighted by atomic mass is 9.93. The van der Waals surface area contributed by atoms with E-state index in [0.29, 0.717) is 41.9 Å². The van der Waals surface area contributed by atoms with Crippen LogP contribution in [0.1, 0.15) is 63.8 Å². The quantitative estimate of drug-likeness (QED) is 0.511. The maximum absolute atomic E-state index is 14.3. The van der Waals surface area contributed by atoms with Gasteiger partial charge in [-0.25, -0.2) is 18.7 Å². The van der Waals surface area contributed by atoms with Gasteiger partial charge in [-0.1, -0.05) is 25.3 Å². The van der Waals surface area contributed by atoms with Crippen molar-refractivity contribution in [3.8, 4) is 0 Å². The molecule has 3 N–H and O–H groups in total. The second-order valence-corrected chi connectivity index (χ2v) is 8.87. The Morgan fingerprint density at radius 3 is 2.38 bits per heavy atom. The number of imidazole rings is 1. The third-order valence-electron chi connectivity index (χ3n) is 6.60. The van der Waals surface area contributed by atoms with E-state index in [4.69, 9.17) is 4.98 Å². The summed E-state index contributed by atoms with van der Waals surface area (Å²) in [6, 6.07) is 4.12. The Hall–Kier alpha value is -2.81. The first-order valence-corrected chi connectivity index (χ1v) is 11.5. The van der Waals surface area contributed by atoms with Gasteiger partial charge in [-0.3, -0.25) is 4.57 Å². The maximum Gasteiger partial charge on any atom is 0.224 e. The van der Waals surface area contributed by atoms with Gasteiger partial charge >= 0.3 is 0 Å². The highest BCUT2D eigenvalue weighted by atomic mass is 19.1. The summed E-state index contributed by atoms with van der Waals surface area (Å²) in [6.45, 7) is 0. The van der Waals surface area contributed by atoms with Gasteiger partial charge in [0.1, 0.15) is 22.8 Å². The number of fused-ring (bicyclic) bond motifs is 1. The standard InChI is InChI=1S/C23H28F2N6O/c24-17-7-4-8-18(25)20(17)29-23-28-19-13-26-22(27-14-5-2-1-3-6-14)30-21(19)31(23)15-9-11-16(32)12-10-15/h4,7-8,13-16,32H,1-3,5-6,9-12H2,(H,28,29)(H,26,27,30). The minimum absolute atomic E-state index is 0.0122. The van der Waals surface area contributed by atoms with Crippen LogP contribution in [-0.4, -0.2) is 36.8 Å². The summed E-state index contributed by atoms with van der Waals surface area (Å²) in [5.41, 5.74) is 0.942. The van der Waals surface area contributed by atoms with Crippen molar-refractivity contribution < 1.29 is 13.9 Å². The molecule has 9 heteroatoms. The van der Waals surface area contributed by atoms with Crippen LogP contribution in [0.2, 0.25) is 0 Å². The van der Waals surface area contributed by atoms with E-state index in [9.17, 15) is 13.9 Å². The first kappa shape index (κ1) is 21.1. The van der Waals surface area contributed by atoms with Crippen LogP contribution < -0.4 is 10.6 Å². The molecule has 0 spiro atoms. The molecule has 7 nitrogen and oxygen atoms in total. The number of nitrogens with zero attached hydrogens (tertiary/aromatic N) is 4. The molecule has 2 heterocycles. The topological polar surface area (TPSA) is 87.9 Å². The van der Waals surface area contributed by atoms with E-state index in [1.54, 1.807) is 6.20 Å². The molecular weight excluding hydrogens is 414 g/mol. The number of rotatable bonds is 5. The zero-order chi connectivity index (χ0) is 22.1. The van der Waals surface area contributed by atoms with Crippen molar-refractivity contribution in [3.63, 3.8) is 0 Å². The molecule has 5 rings (SSSR count). The molecule has 2 aliphatic rings. The Morgan fingerprint density at radius 1 is 0.938 bits per heavy atom. The average Bonchev–Trinajstić information content (AvgIpc) is 3.15. The number of aliphatic hydroxyl groups excluding tert-OH is 1. The molecule has 0 saturated heterocycles. The molecule has 2 aromatic heterocycles. The van der Waals surface area contributed by atoms with Gasteiger partial charge in [0.15, 0.2) is 5.65 Å². The number of nitrogens with one attached hydrogen (secondary N) is 2. The molecule has 0 atom stereocenters. The molecule has 0 unspecified atom stereocenters. The summed E-state index contributed by atoms with van der Waals surface area (Å²) in [5.74, 6) is -0.499. The number of anilines is 3. The minimum Gasteiger partial charge on any atom is -0.393 e. The summed E-state index contributed by atoms with van der Waals surface area (Å²) in [5, 5.41) is 16.3. The van der Waals surface area contributed by atoms with Gasteiger partial charge in [0.05, 0.1) is 12.3 Å². The van der Waals surface area contributed by atoms with Crippen molar-refractivity contribution in [3.05, 3.63) is 36.0 Å². The molecule has 0 aliphatic heterocycles. The Kier molecular flexibility index (Phi) is 5.91. The van der Waals surface area contributed by atoms with Gasteiger partial charge in [0.25, 0.3) is 0 Å². The van der Waals surface area contributed by atoms with Crippen LogP contribution in [0.4, 0.5) is 26.4 Å². The van der Waals surface area contributed by atoms with Crippen molar-refractivity contribution in [2.75, 3.05) is 10.6 Å². The highest BCUT2D eigenvalue weighted by molar-refractivity contribution is 5.76. The zero-order valence-electron chi connectivity index (χ0n) is 17.9. The van der Waals surface area contributed by atoms with Crippen molar-refractivity contribution in [2.24, 2.45) is 0 Å². The number of aromatic nitrogens is 4. The van der Waals surface area contributed by atoms with E-state index < -0.39 is 11.6 Å². The number of hydrogen-bond acceptors (Lipinski definition) is 6. The lowest BCUT2D eigenvalue weighted by Gasteiger charge is -2.28. The number of benzene rings is 1. The zero-order valence-corrected chi connectivity index (χ0v) is 17.9. The molecule has 3 aromatic rings. The van der Waals surface area contributed by atoms with Crippen LogP contribution >= 0.6 is 0 Å². The monoisotopic (exact) mass is 442 g/mol. The van der Waals surface area contributed by atoms with Crippen LogP contribution in [-0.2, 0) is 0 Å². The van der Waals surface area contributed by atoms with Crippen molar-refractivity contribution in [2.45, 2.75) is 76.0 Å². The minimum atomic E-state index is -0.687. The average molecular weight is 443 g/mol. The summed E-state index contributed by atoms with van der Waals surface area (Å²) in [7, 11) is 0. The van der Waals surface area contributed by atoms with Crippen LogP contribution in [0, 0.1) is 11.6 Å². The largest absolute Gasteiger partial charge is 0.393 e. The second kappa shape index (κ2) is 8.97. The summed E-state index contributed by atoms with van der Waals surface area (Å²) >= 11 is 0. The molecule has 32 heavy (non-hydrogen) atoms. The predicted molar refractivity (Wildman–Crippen MR) is 119 cm³/mol. The third kappa shape index (κ3) is 4.26. The molecule has 2 fully saturated rings. The number of halogens is 2. The fourth-order valence-corrected chi connectivity index (χ4v) is 4.87. The van der Waals surface area contributed by atoms with E-state index in [-0.39, 0.29) is 17.8 Å². The molecule has 2 saturated carbocycles. The summed E-state index contributed by atoms with van der Waals surface area (Å²) < 4.78 is 30.6. The van der Waals surface area contributed by atoms with Crippen molar-refractivity contribution >= 4 is 28.7 Å². The van der Waals surface area contributed by atoms with Crippen LogP contribution in [0.5, 0.6) is 0 Å². The van der Waals surface area contributed by atoms with Crippen molar-refractivity contribution in [1.29, 1.82) is 0 Å². The molecule has 170 valence electrons. The Bertz CT molecular complexity index is 1070. The Balaban J connectivity index is 1.53. The van der Waals surface area contributed by atoms with Crippen LogP contribution in [0.25, 0.3) is 11.2 Å². The van der Waals surface area contributed by atoms with Crippen LogP contribution in [0.3, 0.4) is 0 Å². The first-order valence-electron chi connectivity index (χ1n) is 11.5. The smallest absolute Gasteiger partial charge is 0.224 e. The molecule has 1 aromatic carbocycles. The summed E-state index contributed by atoms with van der Waals surface area (Å²) in [6.07, 6.45) is 9.99. The van der Waals surface area contributed by atoms with Gasteiger partial charge in [-0.2, -0.15) is 4.98 Å². The lowest BCUT2D eigenvalue weighted by Crippen LogP contribution is -2.24. The maximum atomic E-state index is 14.3. The van der Waals surface area contributed by atoms with Gasteiger partial charge in [-0.15, -0.1) is 0 Å². The van der Waals surface area contributed by atoms with E-state index >= 15 is 0 Å². The summed E-state index contributed by atoms with van der Waals surface area (Å²) in [4.78, 5) is 13.8. The van der Waals surface area contributed by atoms with E-state index in [0.717, 1.165) is 25.7 Å². The lowest BCUT2D eigenvalue weighted by molar-refractivity contribution is 0.112.